The van der Waals surface area contributed by atoms with Crippen LogP contribution in [0, 0.1) is 0 Å². The van der Waals surface area contributed by atoms with E-state index in [2.05, 4.69) is 25.3 Å². The topological polar surface area (TPSA) is 52.6 Å². The van der Waals surface area contributed by atoms with Crippen LogP contribution in [0.1, 0.15) is 46.5 Å². The highest BCUT2D eigenvalue weighted by atomic mass is 32.1. The van der Waals surface area contributed by atoms with Crippen molar-refractivity contribution in [3.63, 3.8) is 0 Å². The minimum Gasteiger partial charge on any atom is -0.462 e. The molecule has 3 atom stereocenters. The van der Waals surface area contributed by atoms with Crippen LogP contribution in [0.25, 0.3) is 0 Å². The van der Waals surface area contributed by atoms with E-state index in [1.54, 1.807) is 6.92 Å². The summed E-state index contributed by atoms with van der Waals surface area (Å²) in [5, 5.41) is 0.343. The molecule has 0 rings (SSSR count). The summed E-state index contributed by atoms with van der Waals surface area (Å²) in [5.41, 5.74) is 0. The predicted octanol–water partition coefficient (Wildman–Crippen LogP) is 2.66. The van der Waals surface area contributed by atoms with Crippen molar-refractivity contribution in [3.8, 4) is 0 Å². The lowest BCUT2D eigenvalue weighted by molar-refractivity contribution is -0.158. The fraction of sp³-hybridized carbons (Fsp3) is 0.846. The summed E-state index contributed by atoms with van der Waals surface area (Å²) in [4.78, 5) is 22.8. The van der Waals surface area contributed by atoms with Crippen LogP contribution >= 0.6 is 25.3 Å². The molecule has 0 bridgehead atoms. The average Bonchev–Trinajstić information content (AvgIpc) is 2.31. The van der Waals surface area contributed by atoms with Gasteiger partial charge in [-0.1, -0.05) is 13.8 Å². The summed E-state index contributed by atoms with van der Waals surface area (Å²) in [6, 6.07) is 0. The maximum Gasteiger partial charge on any atom is 0.306 e. The molecule has 112 valence electrons. The number of carbonyl (C=O) groups is 2. The average molecular weight is 308 g/mol. The van der Waals surface area contributed by atoms with Crippen molar-refractivity contribution in [3.05, 3.63) is 0 Å². The van der Waals surface area contributed by atoms with Gasteiger partial charge in [-0.15, -0.1) is 0 Å². The normalized spacial score (nSPS) is 15.4. The first-order valence-corrected chi connectivity index (χ1v) is 7.55. The Kier molecular flexibility index (Phi) is 10.2. The Hall–Kier alpha value is -0.360. The molecule has 0 amide bonds. The zero-order chi connectivity index (χ0) is 14.8. The van der Waals surface area contributed by atoms with Gasteiger partial charge in [0.15, 0.2) is 0 Å². The molecule has 4 nitrogen and oxygen atoms in total. The molecule has 0 aromatic rings. The number of esters is 2. The first kappa shape index (κ1) is 18.6. The fourth-order valence-electron chi connectivity index (χ4n) is 1.25. The van der Waals surface area contributed by atoms with Gasteiger partial charge in [0, 0.05) is 12.8 Å². The van der Waals surface area contributed by atoms with Gasteiger partial charge in [0.2, 0.25) is 0 Å². The molecule has 0 heterocycles. The van der Waals surface area contributed by atoms with Gasteiger partial charge in [0.25, 0.3) is 0 Å². The molecular weight excluding hydrogens is 284 g/mol. The molecule has 0 aliphatic carbocycles. The summed E-state index contributed by atoms with van der Waals surface area (Å²) in [7, 11) is 0. The van der Waals surface area contributed by atoms with Crippen molar-refractivity contribution in [2.75, 3.05) is 6.61 Å². The van der Waals surface area contributed by atoms with E-state index in [9.17, 15) is 9.59 Å². The molecule has 0 aromatic heterocycles. The highest BCUT2D eigenvalue weighted by Gasteiger charge is 2.13. The van der Waals surface area contributed by atoms with E-state index in [0.29, 0.717) is 25.7 Å². The number of rotatable bonds is 9. The lowest BCUT2D eigenvalue weighted by Crippen LogP contribution is -2.22. The molecule has 0 aliphatic heterocycles. The zero-order valence-corrected chi connectivity index (χ0v) is 13.6. The molecule has 0 fully saturated rings. The predicted molar refractivity (Wildman–Crippen MR) is 81.9 cm³/mol. The Balaban J connectivity index is 3.71. The van der Waals surface area contributed by atoms with Crippen LogP contribution in [-0.4, -0.2) is 35.1 Å². The molecule has 0 aliphatic rings. The van der Waals surface area contributed by atoms with Crippen LogP contribution in [0.4, 0.5) is 0 Å². The Morgan fingerprint density at radius 1 is 0.947 bits per heavy atom. The van der Waals surface area contributed by atoms with Crippen molar-refractivity contribution in [2.24, 2.45) is 0 Å². The third kappa shape index (κ3) is 12.4. The van der Waals surface area contributed by atoms with E-state index in [1.807, 2.05) is 13.8 Å². The molecule has 0 saturated heterocycles. The molecule has 19 heavy (non-hydrogen) atoms. The first-order valence-electron chi connectivity index (χ1n) is 6.52. The standard InChI is InChI=1S/C13H24O4S2/c1-9(17-13(15)7-5-11(3)19)8-16-12(14)6-4-10(2)18/h9-11,18-19H,4-8H2,1-3H3. The van der Waals surface area contributed by atoms with Gasteiger partial charge in [-0.25, -0.2) is 0 Å². The molecule has 0 saturated carbocycles. The number of thiol groups is 2. The van der Waals surface area contributed by atoms with Crippen LogP contribution in [-0.2, 0) is 19.1 Å². The number of hydrogen-bond acceptors (Lipinski definition) is 6. The van der Waals surface area contributed by atoms with Gasteiger partial charge in [0.05, 0.1) is 0 Å². The molecule has 0 radical (unpaired) electrons. The van der Waals surface area contributed by atoms with E-state index in [-0.39, 0.29) is 29.0 Å². The lowest BCUT2D eigenvalue weighted by Gasteiger charge is -2.14. The number of hydrogen-bond donors (Lipinski definition) is 2. The summed E-state index contributed by atoms with van der Waals surface area (Å²) >= 11 is 8.37. The van der Waals surface area contributed by atoms with Crippen molar-refractivity contribution < 1.29 is 19.1 Å². The van der Waals surface area contributed by atoms with Crippen molar-refractivity contribution >= 4 is 37.2 Å². The fourth-order valence-corrected chi connectivity index (χ4v) is 1.51. The minimum atomic E-state index is -0.417. The van der Waals surface area contributed by atoms with Crippen molar-refractivity contribution in [1.82, 2.24) is 0 Å². The van der Waals surface area contributed by atoms with Gasteiger partial charge in [-0.05, 0) is 30.3 Å². The largest absolute Gasteiger partial charge is 0.462 e. The van der Waals surface area contributed by atoms with Gasteiger partial charge in [-0.2, -0.15) is 25.3 Å². The molecule has 0 aromatic carbocycles. The van der Waals surface area contributed by atoms with Gasteiger partial charge < -0.3 is 9.47 Å². The third-order valence-corrected chi connectivity index (χ3v) is 2.86. The molecule has 0 N–H and O–H groups in total. The molecular formula is C13H24O4S2. The zero-order valence-electron chi connectivity index (χ0n) is 11.8. The second-order valence-corrected chi connectivity index (χ2v) is 6.52. The third-order valence-electron chi connectivity index (χ3n) is 2.34. The van der Waals surface area contributed by atoms with Crippen LogP contribution in [0.15, 0.2) is 0 Å². The maximum atomic E-state index is 11.4. The first-order chi connectivity index (χ1) is 8.81. The van der Waals surface area contributed by atoms with Crippen molar-refractivity contribution in [2.45, 2.75) is 63.1 Å². The van der Waals surface area contributed by atoms with Crippen LogP contribution < -0.4 is 0 Å². The highest BCUT2D eigenvalue weighted by Crippen LogP contribution is 2.07. The monoisotopic (exact) mass is 308 g/mol. The summed E-state index contributed by atoms with van der Waals surface area (Å²) in [6.07, 6.45) is 1.60. The van der Waals surface area contributed by atoms with Crippen molar-refractivity contribution in [1.29, 1.82) is 0 Å². The Morgan fingerprint density at radius 3 is 1.89 bits per heavy atom. The summed E-state index contributed by atoms with van der Waals surface area (Å²) in [6.45, 7) is 5.64. The highest BCUT2D eigenvalue weighted by molar-refractivity contribution is 7.81. The van der Waals surface area contributed by atoms with E-state index in [0.717, 1.165) is 0 Å². The van der Waals surface area contributed by atoms with Crippen LogP contribution in [0.3, 0.4) is 0 Å². The van der Waals surface area contributed by atoms with E-state index in [4.69, 9.17) is 9.47 Å². The van der Waals surface area contributed by atoms with Crippen LogP contribution in [0.5, 0.6) is 0 Å². The summed E-state index contributed by atoms with van der Waals surface area (Å²) in [5.74, 6) is -0.568. The molecule has 0 spiro atoms. The smallest absolute Gasteiger partial charge is 0.306 e. The van der Waals surface area contributed by atoms with Gasteiger partial charge in [-0.3, -0.25) is 9.59 Å². The second-order valence-electron chi connectivity index (χ2n) is 4.76. The quantitative estimate of drug-likeness (QED) is 0.508. The Morgan fingerprint density at radius 2 is 1.42 bits per heavy atom. The Bertz CT molecular complexity index is 280. The van der Waals surface area contributed by atoms with Gasteiger partial charge >= 0.3 is 11.9 Å². The second kappa shape index (κ2) is 10.4. The SMILES string of the molecule is CC(S)CCC(=O)OCC(C)OC(=O)CCC(C)S. The lowest BCUT2D eigenvalue weighted by atomic mass is 10.2. The van der Waals surface area contributed by atoms with Gasteiger partial charge in [0.1, 0.15) is 12.7 Å². The molecule has 3 unspecified atom stereocenters. The molecule has 6 heteroatoms. The van der Waals surface area contributed by atoms with E-state index < -0.39 is 6.10 Å². The number of ether oxygens (including phenoxy) is 2. The van der Waals surface area contributed by atoms with E-state index >= 15 is 0 Å². The van der Waals surface area contributed by atoms with E-state index in [1.165, 1.54) is 0 Å². The van der Waals surface area contributed by atoms with Crippen LogP contribution in [0.2, 0.25) is 0 Å². The minimum absolute atomic E-state index is 0.0992. The Labute approximate surface area is 126 Å². The number of carbonyl (C=O) groups excluding carboxylic acids is 2. The maximum absolute atomic E-state index is 11.4. The summed E-state index contributed by atoms with van der Waals surface area (Å²) < 4.78 is 10.1.